The number of β-amino-alcohol motifs (C(OH)–C–C–N with tert-alkyl or cyclic N) is 1. The van der Waals surface area contributed by atoms with E-state index in [1.54, 1.807) is 16.2 Å². The third-order valence-electron chi connectivity index (χ3n) is 4.55. The number of nitrogens with zero attached hydrogens (tertiary/aromatic N) is 2. The molecule has 5 N–H and O–H groups in total. The molecule has 166 valence electrons. The van der Waals surface area contributed by atoms with Crippen molar-refractivity contribution in [1.82, 2.24) is 21.4 Å². The van der Waals surface area contributed by atoms with E-state index in [-0.39, 0.29) is 23.6 Å². The summed E-state index contributed by atoms with van der Waals surface area (Å²) in [5.74, 6) is 0.170. The quantitative estimate of drug-likeness (QED) is 0.622. The molecule has 7 nitrogen and oxygen atoms in total. The van der Waals surface area contributed by atoms with Gasteiger partial charge in [-0.05, 0) is 29.9 Å². The summed E-state index contributed by atoms with van der Waals surface area (Å²) < 4.78 is 0. The van der Waals surface area contributed by atoms with Crippen LogP contribution < -0.4 is 11.5 Å². The van der Waals surface area contributed by atoms with Gasteiger partial charge in [-0.2, -0.15) is 0 Å². The van der Waals surface area contributed by atoms with Crippen LogP contribution in [0.15, 0.2) is 29.8 Å². The van der Waals surface area contributed by atoms with E-state index >= 15 is 0 Å². The number of aliphatic hydroxyl groups excluding tert-OH is 1. The number of amides is 2. The van der Waals surface area contributed by atoms with E-state index < -0.39 is 0 Å². The lowest BCUT2D eigenvalue weighted by molar-refractivity contribution is -0.132. The summed E-state index contributed by atoms with van der Waals surface area (Å²) >= 11 is 1.64. The van der Waals surface area contributed by atoms with E-state index in [0.717, 1.165) is 24.2 Å². The Morgan fingerprint density at radius 3 is 2.47 bits per heavy atom. The fraction of sp³-hybridized carbons (Fsp3) is 0.500. The molecule has 1 unspecified atom stereocenters. The van der Waals surface area contributed by atoms with Crippen LogP contribution in [0.4, 0.5) is 0 Å². The van der Waals surface area contributed by atoms with Gasteiger partial charge in [-0.15, -0.1) is 11.3 Å². The summed E-state index contributed by atoms with van der Waals surface area (Å²) in [4.78, 5) is 29.0. The predicted octanol–water partition coefficient (Wildman–Crippen LogP) is 3.54. The molecule has 0 aliphatic carbocycles. The van der Waals surface area contributed by atoms with Crippen LogP contribution in [-0.2, 0) is 16.1 Å². The molecule has 1 aliphatic heterocycles. The number of aryl methyl sites for hydroxylation is 1. The van der Waals surface area contributed by atoms with E-state index in [0.29, 0.717) is 25.9 Å². The van der Waals surface area contributed by atoms with Crippen molar-refractivity contribution in [2.24, 2.45) is 5.41 Å². The minimum Gasteiger partial charge on any atom is -0.391 e. The second-order valence-corrected chi connectivity index (χ2v) is 9.34. The third kappa shape index (κ3) is 8.22. The highest BCUT2D eigenvalue weighted by Crippen LogP contribution is 2.27. The Morgan fingerprint density at radius 1 is 1.33 bits per heavy atom. The molecule has 2 amide bonds. The molecule has 1 atom stereocenters. The lowest BCUT2D eigenvalue weighted by Gasteiger charge is -2.22. The third-order valence-corrected chi connectivity index (χ3v) is 5.53. The van der Waals surface area contributed by atoms with Gasteiger partial charge in [0.05, 0.1) is 22.2 Å². The molecular weight excluding hydrogens is 400 g/mol. The first-order valence-electron chi connectivity index (χ1n) is 9.82. The Hall–Kier alpha value is -2.29. The van der Waals surface area contributed by atoms with Crippen molar-refractivity contribution in [3.8, 4) is 10.4 Å². The SMILES string of the molecule is CC(C)(C)CC(=O)N1CCC(O)C1.Cc1ncsc1-c1ccc(CNC=O)cc1.N. The van der Waals surface area contributed by atoms with Gasteiger partial charge in [-0.3, -0.25) is 9.59 Å². The summed E-state index contributed by atoms with van der Waals surface area (Å²) in [6, 6.07) is 8.15. The lowest BCUT2D eigenvalue weighted by atomic mass is 9.92. The summed E-state index contributed by atoms with van der Waals surface area (Å²) in [7, 11) is 0. The summed E-state index contributed by atoms with van der Waals surface area (Å²) in [6.45, 7) is 9.98. The van der Waals surface area contributed by atoms with E-state index in [1.165, 1.54) is 10.4 Å². The predicted molar refractivity (Wildman–Crippen MR) is 121 cm³/mol. The molecule has 1 saturated heterocycles. The van der Waals surface area contributed by atoms with E-state index in [4.69, 9.17) is 0 Å². The van der Waals surface area contributed by atoms with E-state index in [9.17, 15) is 14.7 Å². The van der Waals surface area contributed by atoms with E-state index in [1.807, 2.05) is 24.6 Å². The van der Waals surface area contributed by atoms with Crippen molar-refractivity contribution in [3.05, 3.63) is 41.0 Å². The molecule has 8 heteroatoms. The van der Waals surface area contributed by atoms with Gasteiger partial charge in [0.25, 0.3) is 0 Å². The first-order chi connectivity index (χ1) is 13.7. The highest BCUT2D eigenvalue weighted by Gasteiger charge is 2.27. The Balaban J connectivity index is 0.000000297. The zero-order valence-corrected chi connectivity index (χ0v) is 19.2. The number of carbonyl (C=O) groups is 2. The van der Waals surface area contributed by atoms with Crippen LogP contribution in [0, 0.1) is 12.3 Å². The summed E-state index contributed by atoms with van der Waals surface area (Å²) in [5, 5.41) is 11.9. The van der Waals surface area contributed by atoms with Gasteiger partial charge in [0, 0.05) is 26.1 Å². The van der Waals surface area contributed by atoms with Crippen molar-refractivity contribution >= 4 is 23.7 Å². The highest BCUT2D eigenvalue weighted by atomic mass is 32.1. The minimum absolute atomic E-state index is 0. The Labute approximate surface area is 183 Å². The molecule has 0 bridgehead atoms. The first-order valence-corrected chi connectivity index (χ1v) is 10.7. The van der Waals surface area contributed by atoms with Crippen molar-refractivity contribution in [2.45, 2.75) is 53.2 Å². The van der Waals surface area contributed by atoms with Crippen LogP contribution >= 0.6 is 11.3 Å². The van der Waals surface area contributed by atoms with Crippen molar-refractivity contribution in [3.63, 3.8) is 0 Å². The average Bonchev–Trinajstić information content (AvgIpc) is 3.28. The number of benzene rings is 1. The summed E-state index contributed by atoms with van der Waals surface area (Å²) in [5.41, 5.74) is 5.23. The number of hydrogen-bond acceptors (Lipinski definition) is 6. The Morgan fingerprint density at radius 2 is 2.00 bits per heavy atom. The molecule has 1 fully saturated rings. The largest absolute Gasteiger partial charge is 0.391 e. The van der Waals surface area contributed by atoms with Crippen LogP contribution in [-0.4, -0.2) is 46.5 Å². The topological polar surface area (TPSA) is 118 Å². The van der Waals surface area contributed by atoms with Crippen molar-refractivity contribution in [2.75, 3.05) is 13.1 Å². The van der Waals surface area contributed by atoms with Crippen molar-refractivity contribution < 1.29 is 14.7 Å². The normalized spacial score (nSPS) is 15.6. The Bertz CT molecular complexity index is 799. The molecule has 0 radical (unpaired) electrons. The van der Waals surface area contributed by atoms with Gasteiger partial charge in [-0.25, -0.2) is 4.98 Å². The lowest BCUT2D eigenvalue weighted by Crippen LogP contribution is -2.32. The maximum atomic E-state index is 11.6. The number of aliphatic hydroxyl groups is 1. The van der Waals surface area contributed by atoms with Gasteiger partial charge in [-0.1, -0.05) is 45.0 Å². The zero-order valence-electron chi connectivity index (χ0n) is 18.4. The summed E-state index contributed by atoms with van der Waals surface area (Å²) in [6.07, 6.45) is 1.71. The number of nitrogens with one attached hydrogen (secondary N) is 1. The van der Waals surface area contributed by atoms with Crippen molar-refractivity contribution in [1.29, 1.82) is 0 Å². The van der Waals surface area contributed by atoms with Crippen LogP contribution in [0.3, 0.4) is 0 Å². The number of thiazole rings is 1. The second kappa shape index (κ2) is 11.8. The molecule has 30 heavy (non-hydrogen) atoms. The Kier molecular flexibility index (Phi) is 10.1. The molecule has 2 aromatic rings. The van der Waals surface area contributed by atoms with Gasteiger partial charge >= 0.3 is 0 Å². The van der Waals surface area contributed by atoms with Gasteiger partial charge in [0.2, 0.25) is 12.3 Å². The zero-order chi connectivity index (χ0) is 21.4. The molecular formula is C22H34N4O3S. The number of carbonyl (C=O) groups excluding carboxylic acids is 2. The molecule has 1 aromatic carbocycles. The number of rotatable bonds is 5. The van der Waals surface area contributed by atoms with Crippen LogP contribution in [0.2, 0.25) is 0 Å². The maximum absolute atomic E-state index is 11.6. The van der Waals surface area contributed by atoms with Gasteiger partial charge < -0.3 is 21.5 Å². The van der Waals surface area contributed by atoms with Crippen LogP contribution in [0.5, 0.6) is 0 Å². The molecule has 0 spiro atoms. The van der Waals surface area contributed by atoms with Crippen LogP contribution in [0.1, 0.15) is 44.9 Å². The number of likely N-dealkylation sites (tertiary alicyclic amines) is 1. The van der Waals surface area contributed by atoms with E-state index in [2.05, 4.69) is 43.2 Å². The molecule has 3 rings (SSSR count). The first kappa shape index (κ1) is 25.7. The fourth-order valence-electron chi connectivity index (χ4n) is 3.05. The maximum Gasteiger partial charge on any atom is 0.223 e. The fourth-order valence-corrected chi connectivity index (χ4v) is 3.86. The molecule has 2 heterocycles. The average molecular weight is 435 g/mol. The van der Waals surface area contributed by atoms with Gasteiger partial charge in [0.1, 0.15) is 0 Å². The standard InChI is InChI=1S/C12H12N2OS.C10H19NO2.H3N/c1-9-12(16-8-14-9)11-4-2-10(3-5-11)6-13-7-15;1-10(2,3)6-9(13)11-5-4-8(12)7-11;/h2-5,7-8H,6H2,1H3,(H,13,15);8,12H,4-7H2,1-3H3;1H3. The molecule has 0 saturated carbocycles. The van der Waals surface area contributed by atoms with Gasteiger partial charge in [0.15, 0.2) is 0 Å². The second-order valence-electron chi connectivity index (χ2n) is 8.48. The van der Waals surface area contributed by atoms with Crippen LogP contribution in [0.25, 0.3) is 10.4 Å². The number of aromatic nitrogens is 1. The minimum atomic E-state index is -0.302. The smallest absolute Gasteiger partial charge is 0.223 e. The number of hydrogen-bond donors (Lipinski definition) is 3. The molecule has 1 aliphatic rings. The highest BCUT2D eigenvalue weighted by molar-refractivity contribution is 7.13. The molecule has 1 aromatic heterocycles. The monoisotopic (exact) mass is 434 g/mol.